The summed E-state index contributed by atoms with van der Waals surface area (Å²) in [5, 5.41) is 14.9. The fourth-order valence-corrected chi connectivity index (χ4v) is 7.15. The number of carbonyl (C=O) groups excluding carboxylic acids is 3. The van der Waals surface area contributed by atoms with Crippen LogP contribution in [-0.4, -0.2) is 76.7 Å². The summed E-state index contributed by atoms with van der Waals surface area (Å²) in [4.78, 5) is 49.6. The molecule has 0 spiro atoms. The van der Waals surface area contributed by atoms with E-state index in [1.807, 2.05) is 62.0 Å². The molecule has 3 amide bonds. The van der Waals surface area contributed by atoms with Gasteiger partial charge in [0, 0.05) is 51.9 Å². The summed E-state index contributed by atoms with van der Waals surface area (Å²) in [5.41, 5.74) is 13.2. The summed E-state index contributed by atoms with van der Waals surface area (Å²) in [7, 11) is 1.62. The molecule has 16 nitrogen and oxygen atoms in total. The molecule has 0 unspecified atom stereocenters. The molecule has 58 heavy (non-hydrogen) atoms. The van der Waals surface area contributed by atoms with Gasteiger partial charge in [-0.05, 0) is 88.4 Å². The molecular formula is C42H53N11O5. The van der Waals surface area contributed by atoms with Crippen LogP contribution in [0.2, 0.25) is 0 Å². The van der Waals surface area contributed by atoms with Crippen LogP contribution < -0.4 is 21.1 Å². The molecule has 2 aromatic carbocycles. The van der Waals surface area contributed by atoms with E-state index in [2.05, 4.69) is 40.7 Å². The van der Waals surface area contributed by atoms with Crippen molar-refractivity contribution in [3.63, 3.8) is 0 Å². The third-order valence-corrected chi connectivity index (χ3v) is 9.60. The van der Waals surface area contributed by atoms with Gasteiger partial charge in [-0.15, -0.1) is 0 Å². The largest absolute Gasteiger partial charge is 0.491 e. The Morgan fingerprint density at radius 2 is 1.33 bits per heavy atom. The van der Waals surface area contributed by atoms with E-state index in [-0.39, 0.29) is 24.0 Å². The van der Waals surface area contributed by atoms with E-state index >= 15 is 0 Å². The minimum atomic E-state index is -0.636. The number of hydrogen-bond acceptors (Lipinski definition) is 9. The second kappa shape index (κ2) is 17.9. The highest BCUT2D eigenvalue weighted by Crippen LogP contribution is 2.32. The van der Waals surface area contributed by atoms with Crippen LogP contribution in [0.15, 0.2) is 48.6 Å². The molecular weight excluding hydrogens is 739 g/mol. The first-order valence-corrected chi connectivity index (χ1v) is 19.6. The first-order chi connectivity index (χ1) is 27.8. The summed E-state index contributed by atoms with van der Waals surface area (Å²) in [6.07, 6.45) is 5.37. The number of allylic oxidation sites excluding steroid dienone is 2. The normalized spacial score (nSPS) is 11.7. The standard InChI is InChI=1S/C42H53N11O5/c1-9-52-33(21-27(6)48-52)39(55)46-41-44-31-20-26(5)19-29(18-25(3)4)36(31)50(41)14-11-12-15-51-37-32(23-30(38(43)54)24-35(37)58-17-13-16-57-8)45-42(51)47-40(56)34-22-28(7)49-53(34)10-2/h11-12,19-25H,9-10,13-18H2,1-8H3,(H2,43,54)(H,44,46,55)(H,45,47,56)/b12-11+. The number of rotatable bonds is 18. The highest BCUT2D eigenvalue weighted by molar-refractivity contribution is 6.05. The van der Waals surface area contributed by atoms with E-state index in [1.54, 1.807) is 40.7 Å². The maximum absolute atomic E-state index is 13.7. The molecule has 0 fully saturated rings. The van der Waals surface area contributed by atoms with Crippen molar-refractivity contribution in [2.75, 3.05) is 31.0 Å². The molecule has 0 bridgehead atoms. The third-order valence-electron chi connectivity index (χ3n) is 9.60. The topological polar surface area (TPSA) is 191 Å². The number of benzene rings is 2. The smallest absolute Gasteiger partial charge is 0.276 e. The zero-order chi connectivity index (χ0) is 41.7. The maximum Gasteiger partial charge on any atom is 0.276 e. The predicted molar refractivity (Wildman–Crippen MR) is 224 cm³/mol. The van der Waals surface area contributed by atoms with E-state index in [9.17, 15) is 14.4 Å². The number of carbonyl (C=O) groups is 3. The van der Waals surface area contributed by atoms with Crippen LogP contribution in [-0.2, 0) is 37.3 Å². The molecule has 6 aromatic rings. The Morgan fingerprint density at radius 3 is 1.84 bits per heavy atom. The highest BCUT2D eigenvalue weighted by atomic mass is 16.5. The molecule has 0 saturated heterocycles. The molecule has 0 radical (unpaired) electrons. The van der Waals surface area contributed by atoms with E-state index in [0.717, 1.165) is 34.3 Å². The number of aryl methyl sites for hydroxylation is 5. The average molecular weight is 792 g/mol. The lowest BCUT2D eigenvalue weighted by Crippen LogP contribution is -2.20. The number of amides is 3. The Labute approximate surface area is 337 Å². The Morgan fingerprint density at radius 1 is 0.776 bits per heavy atom. The molecule has 4 heterocycles. The van der Waals surface area contributed by atoms with E-state index < -0.39 is 11.8 Å². The summed E-state index contributed by atoms with van der Waals surface area (Å²) >= 11 is 0. The quantitative estimate of drug-likeness (QED) is 0.0670. The number of ether oxygens (including phenoxy) is 2. The van der Waals surface area contributed by atoms with Crippen molar-refractivity contribution in [1.29, 1.82) is 0 Å². The molecule has 0 aliphatic carbocycles. The molecule has 4 N–H and O–H groups in total. The molecule has 0 aliphatic heterocycles. The minimum Gasteiger partial charge on any atom is -0.491 e. The summed E-state index contributed by atoms with van der Waals surface area (Å²) < 4.78 is 18.6. The van der Waals surface area contributed by atoms with Crippen LogP contribution in [0.4, 0.5) is 11.9 Å². The van der Waals surface area contributed by atoms with Crippen LogP contribution >= 0.6 is 0 Å². The van der Waals surface area contributed by atoms with Crippen molar-refractivity contribution in [2.45, 2.75) is 87.5 Å². The Kier molecular flexibility index (Phi) is 12.7. The number of nitrogens with one attached hydrogen (secondary N) is 2. The lowest BCUT2D eigenvalue weighted by molar-refractivity contribution is 0.0994. The lowest BCUT2D eigenvalue weighted by atomic mass is 9.99. The summed E-state index contributed by atoms with van der Waals surface area (Å²) in [6, 6.07) is 10.9. The highest BCUT2D eigenvalue weighted by Gasteiger charge is 2.23. The van der Waals surface area contributed by atoms with E-state index in [4.69, 9.17) is 25.2 Å². The van der Waals surface area contributed by atoms with Gasteiger partial charge >= 0.3 is 0 Å². The SMILES string of the molecule is CCn1nc(C)cc1C(=O)Nc1nc2cc(C)cc(CC(C)C)c2n1C/C=C/Cn1c(NC(=O)c2cc(C)nn2CC)nc2cc(C(N)=O)cc(OCCCOC)c21. The fraction of sp³-hybridized carbons (Fsp3) is 0.405. The minimum absolute atomic E-state index is 0.221. The van der Waals surface area contributed by atoms with Crippen molar-refractivity contribution in [1.82, 2.24) is 38.7 Å². The van der Waals surface area contributed by atoms with Gasteiger partial charge in [-0.3, -0.25) is 34.4 Å². The van der Waals surface area contributed by atoms with Crippen LogP contribution in [0.25, 0.3) is 22.1 Å². The molecule has 4 aromatic heterocycles. The molecule has 306 valence electrons. The van der Waals surface area contributed by atoms with Gasteiger partial charge in [0.25, 0.3) is 11.8 Å². The fourth-order valence-electron chi connectivity index (χ4n) is 7.15. The van der Waals surface area contributed by atoms with Crippen LogP contribution in [0.5, 0.6) is 5.75 Å². The van der Waals surface area contributed by atoms with Crippen molar-refractivity contribution in [3.05, 3.63) is 88.0 Å². The number of methoxy groups -OCH3 is 1. The number of nitrogens with two attached hydrogens (primary N) is 1. The molecule has 6 rings (SSSR count). The number of anilines is 2. The summed E-state index contributed by atoms with van der Waals surface area (Å²) in [5.74, 6) is 0.0982. The van der Waals surface area contributed by atoms with Gasteiger partial charge in [0.2, 0.25) is 17.8 Å². The van der Waals surface area contributed by atoms with Crippen LogP contribution in [0.3, 0.4) is 0 Å². The Bertz CT molecular complexity index is 2500. The number of nitrogens with zero attached hydrogens (tertiary/aromatic N) is 8. The zero-order valence-electron chi connectivity index (χ0n) is 34.5. The summed E-state index contributed by atoms with van der Waals surface area (Å²) in [6.45, 7) is 16.4. The monoisotopic (exact) mass is 791 g/mol. The molecule has 0 aliphatic rings. The van der Waals surface area contributed by atoms with Crippen LogP contribution in [0, 0.1) is 26.7 Å². The van der Waals surface area contributed by atoms with Crippen molar-refractivity contribution in [3.8, 4) is 5.75 Å². The zero-order valence-corrected chi connectivity index (χ0v) is 34.5. The van der Waals surface area contributed by atoms with Crippen molar-refractivity contribution >= 4 is 51.7 Å². The van der Waals surface area contributed by atoms with Gasteiger partial charge in [0.1, 0.15) is 22.7 Å². The lowest BCUT2D eigenvalue weighted by Gasteiger charge is -2.14. The van der Waals surface area contributed by atoms with Gasteiger partial charge in [-0.25, -0.2) is 9.97 Å². The molecule has 0 atom stereocenters. The van der Waals surface area contributed by atoms with Gasteiger partial charge in [-0.1, -0.05) is 32.1 Å². The third kappa shape index (κ3) is 8.96. The average Bonchev–Trinajstić information content (AvgIpc) is 3.93. The van der Waals surface area contributed by atoms with Crippen molar-refractivity contribution < 1.29 is 23.9 Å². The van der Waals surface area contributed by atoms with E-state index in [1.165, 1.54) is 0 Å². The van der Waals surface area contributed by atoms with Crippen molar-refractivity contribution in [2.24, 2.45) is 11.7 Å². The van der Waals surface area contributed by atoms with Crippen LogP contribution in [0.1, 0.15) is 88.0 Å². The number of fused-ring (bicyclic) bond motifs is 2. The second-order valence-corrected chi connectivity index (χ2v) is 14.7. The number of primary amides is 1. The number of hydrogen-bond donors (Lipinski definition) is 3. The van der Waals surface area contributed by atoms with Gasteiger partial charge in [-0.2, -0.15) is 10.2 Å². The molecule has 16 heteroatoms. The number of aromatic nitrogens is 8. The Balaban J connectivity index is 1.41. The van der Waals surface area contributed by atoms with Gasteiger partial charge in [0.05, 0.1) is 34.5 Å². The van der Waals surface area contributed by atoms with Gasteiger partial charge < -0.3 is 24.3 Å². The molecule has 0 saturated carbocycles. The van der Waals surface area contributed by atoms with Gasteiger partial charge in [0.15, 0.2) is 0 Å². The number of imidazole rings is 2. The predicted octanol–water partition coefficient (Wildman–Crippen LogP) is 6.22. The van der Waals surface area contributed by atoms with E-state index in [0.29, 0.717) is 85.0 Å². The maximum atomic E-state index is 13.7. The Hall–Kier alpha value is -6.29. The first-order valence-electron chi connectivity index (χ1n) is 19.6. The second-order valence-electron chi connectivity index (χ2n) is 14.7. The first kappa shape index (κ1) is 41.3.